The quantitative estimate of drug-likeness (QED) is 0.310. The van der Waals surface area contributed by atoms with Crippen molar-refractivity contribution in [2.45, 2.75) is 77.6 Å². The standard InChI is InChI=1S/C26H34ClFN4O6/c1-26(2,3)12-20(32-25(37)38-13-15-4-5-16(27)11-18(15)28)23(35)31-19(10-14-8-9-29-22(14)34)21(33)24(36)30-17-6-7-17/h4-5,11,14,17,19-20H,6-10,12-13H2,1-3H3,(H,29,34)(H,30,36)(H,31,35)(H,32,37)/t14-,19?,20-/m0/s1. The van der Waals surface area contributed by atoms with Gasteiger partial charge >= 0.3 is 6.09 Å². The molecule has 4 amide bonds. The van der Waals surface area contributed by atoms with Gasteiger partial charge in [-0.15, -0.1) is 0 Å². The molecule has 0 radical (unpaired) electrons. The summed E-state index contributed by atoms with van der Waals surface area (Å²) in [6.07, 6.45) is 1.19. The van der Waals surface area contributed by atoms with Crippen molar-refractivity contribution >= 4 is 41.2 Å². The van der Waals surface area contributed by atoms with Crippen LogP contribution in [-0.4, -0.2) is 54.3 Å². The molecule has 0 aromatic heterocycles. The Morgan fingerprint density at radius 3 is 2.42 bits per heavy atom. The number of Topliss-reactive ketones (excluding diaryl/α,β-unsaturated/α-hetero) is 1. The van der Waals surface area contributed by atoms with Crippen molar-refractivity contribution in [1.82, 2.24) is 21.3 Å². The fraction of sp³-hybridized carbons (Fsp3) is 0.577. The van der Waals surface area contributed by atoms with E-state index in [1.807, 2.05) is 20.8 Å². The Hall–Kier alpha value is -3.21. The Labute approximate surface area is 225 Å². The van der Waals surface area contributed by atoms with E-state index in [4.69, 9.17) is 16.3 Å². The zero-order valence-electron chi connectivity index (χ0n) is 21.7. The number of ether oxygens (including phenoxy) is 1. The summed E-state index contributed by atoms with van der Waals surface area (Å²) in [6.45, 7) is 5.63. The van der Waals surface area contributed by atoms with Gasteiger partial charge in [-0.2, -0.15) is 0 Å². The minimum atomic E-state index is -1.25. The van der Waals surface area contributed by atoms with Crippen LogP contribution in [0.25, 0.3) is 0 Å². The largest absolute Gasteiger partial charge is 0.445 e. The molecule has 1 aliphatic carbocycles. The molecule has 2 fully saturated rings. The maximum Gasteiger partial charge on any atom is 0.408 e. The smallest absolute Gasteiger partial charge is 0.408 e. The fourth-order valence-corrected chi connectivity index (χ4v) is 4.25. The summed E-state index contributed by atoms with van der Waals surface area (Å²) in [5.74, 6) is -3.80. The average molecular weight is 553 g/mol. The fourth-order valence-electron chi connectivity index (χ4n) is 4.09. The van der Waals surface area contributed by atoms with Gasteiger partial charge in [0.1, 0.15) is 18.5 Å². The predicted molar refractivity (Wildman–Crippen MR) is 136 cm³/mol. The third-order valence-electron chi connectivity index (χ3n) is 6.25. The minimum absolute atomic E-state index is 0.0446. The number of amides is 4. The molecule has 0 spiro atoms. The molecule has 1 aromatic carbocycles. The first-order chi connectivity index (χ1) is 17.8. The number of rotatable bonds is 11. The normalized spacial score (nSPS) is 18.7. The summed E-state index contributed by atoms with van der Waals surface area (Å²) in [5.41, 5.74) is -0.324. The molecule has 10 nitrogen and oxygen atoms in total. The molecule has 38 heavy (non-hydrogen) atoms. The highest BCUT2D eigenvalue weighted by atomic mass is 35.5. The van der Waals surface area contributed by atoms with E-state index in [1.54, 1.807) is 0 Å². The van der Waals surface area contributed by atoms with Gasteiger partial charge in [0.05, 0.1) is 6.04 Å². The average Bonchev–Trinajstić information content (AvgIpc) is 3.55. The van der Waals surface area contributed by atoms with Crippen LogP contribution < -0.4 is 21.3 Å². The summed E-state index contributed by atoms with van der Waals surface area (Å²) < 4.78 is 19.1. The van der Waals surface area contributed by atoms with E-state index in [9.17, 15) is 28.4 Å². The molecule has 2 aliphatic rings. The number of carbonyl (C=O) groups is 5. The molecule has 1 aromatic rings. The van der Waals surface area contributed by atoms with Gasteiger partial charge in [0, 0.05) is 29.1 Å². The second-order valence-electron chi connectivity index (χ2n) is 11.0. The third-order valence-corrected chi connectivity index (χ3v) is 6.49. The minimum Gasteiger partial charge on any atom is -0.445 e. The van der Waals surface area contributed by atoms with Crippen molar-refractivity contribution in [2.24, 2.45) is 11.3 Å². The lowest BCUT2D eigenvalue weighted by molar-refractivity contribution is -0.141. The highest BCUT2D eigenvalue weighted by molar-refractivity contribution is 6.38. The summed E-state index contributed by atoms with van der Waals surface area (Å²) in [6, 6.07) is 1.49. The molecule has 1 unspecified atom stereocenters. The number of hydrogen-bond donors (Lipinski definition) is 4. The zero-order chi connectivity index (χ0) is 28.0. The summed E-state index contributed by atoms with van der Waals surface area (Å²) >= 11 is 5.74. The van der Waals surface area contributed by atoms with E-state index in [0.29, 0.717) is 13.0 Å². The van der Waals surface area contributed by atoms with Crippen LogP contribution in [0.3, 0.4) is 0 Å². The van der Waals surface area contributed by atoms with Crippen LogP contribution >= 0.6 is 11.6 Å². The molecule has 208 valence electrons. The third kappa shape index (κ3) is 8.97. The van der Waals surface area contributed by atoms with Crippen molar-refractivity contribution in [3.63, 3.8) is 0 Å². The lowest BCUT2D eigenvalue weighted by Crippen LogP contribution is -2.55. The van der Waals surface area contributed by atoms with Gasteiger partial charge in [-0.05, 0) is 49.7 Å². The molecule has 0 bridgehead atoms. The van der Waals surface area contributed by atoms with Crippen LogP contribution in [0.15, 0.2) is 18.2 Å². The predicted octanol–water partition coefficient (Wildman–Crippen LogP) is 2.37. The molecular weight excluding hydrogens is 519 g/mol. The second kappa shape index (κ2) is 12.6. The number of benzene rings is 1. The number of alkyl carbamates (subject to hydrolysis) is 1. The summed E-state index contributed by atoms with van der Waals surface area (Å²) in [5, 5.41) is 10.6. The first kappa shape index (κ1) is 29.3. The van der Waals surface area contributed by atoms with E-state index in [1.165, 1.54) is 12.1 Å². The monoisotopic (exact) mass is 552 g/mol. The molecule has 3 atom stereocenters. The highest BCUT2D eigenvalue weighted by Gasteiger charge is 2.37. The molecule has 1 heterocycles. The van der Waals surface area contributed by atoms with Crippen LogP contribution in [0, 0.1) is 17.2 Å². The van der Waals surface area contributed by atoms with E-state index in [-0.39, 0.29) is 35.4 Å². The van der Waals surface area contributed by atoms with Gasteiger partial charge in [0.25, 0.3) is 5.91 Å². The summed E-state index contributed by atoms with van der Waals surface area (Å²) in [7, 11) is 0. The molecule has 4 N–H and O–H groups in total. The molecule has 3 rings (SSSR count). The first-order valence-electron chi connectivity index (χ1n) is 12.6. The number of hydrogen-bond acceptors (Lipinski definition) is 6. The first-order valence-corrected chi connectivity index (χ1v) is 13.0. The van der Waals surface area contributed by atoms with Gasteiger partial charge in [0.15, 0.2) is 0 Å². The number of carbonyl (C=O) groups excluding carboxylic acids is 5. The Morgan fingerprint density at radius 1 is 1.13 bits per heavy atom. The van der Waals surface area contributed by atoms with Crippen LogP contribution in [-0.2, 0) is 30.5 Å². The van der Waals surface area contributed by atoms with Crippen LogP contribution in [0.4, 0.5) is 9.18 Å². The lowest BCUT2D eigenvalue weighted by atomic mass is 9.87. The van der Waals surface area contributed by atoms with Crippen molar-refractivity contribution in [3.8, 4) is 0 Å². The molecule has 12 heteroatoms. The number of halogens is 2. The van der Waals surface area contributed by atoms with Crippen molar-refractivity contribution in [3.05, 3.63) is 34.6 Å². The van der Waals surface area contributed by atoms with E-state index >= 15 is 0 Å². The SMILES string of the molecule is CC(C)(C)C[C@H](NC(=O)OCc1ccc(Cl)cc1F)C(=O)NC(C[C@@H]1CCNC1=O)C(=O)C(=O)NC1CC1. The zero-order valence-corrected chi connectivity index (χ0v) is 22.5. The number of nitrogens with one attached hydrogen (secondary N) is 4. The Morgan fingerprint density at radius 2 is 1.84 bits per heavy atom. The summed E-state index contributed by atoms with van der Waals surface area (Å²) in [4.78, 5) is 63.4. The highest BCUT2D eigenvalue weighted by Crippen LogP contribution is 2.23. The van der Waals surface area contributed by atoms with Crippen LogP contribution in [0.1, 0.15) is 58.4 Å². The number of ketones is 1. The van der Waals surface area contributed by atoms with Crippen molar-refractivity contribution in [1.29, 1.82) is 0 Å². The maximum absolute atomic E-state index is 14.0. The van der Waals surface area contributed by atoms with Gasteiger partial charge < -0.3 is 26.0 Å². The van der Waals surface area contributed by atoms with Gasteiger partial charge in [-0.3, -0.25) is 19.2 Å². The Bertz CT molecular complexity index is 1090. The van der Waals surface area contributed by atoms with Crippen molar-refractivity contribution in [2.75, 3.05) is 6.54 Å². The van der Waals surface area contributed by atoms with Gasteiger partial charge in [-0.25, -0.2) is 9.18 Å². The van der Waals surface area contributed by atoms with Gasteiger partial charge in [-0.1, -0.05) is 38.4 Å². The van der Waals surface area contributed by atoms with E-state index in [0.717, 1.165) is 18.9 Å². The molecule has 1 saturated carbocycles. The van der Waals surface area contributed by atoms with E-state index in [2.05, 4.69) is 21.3 Å². The van der Waals surface area contributed by atoms with Crippen LogP contribution in [0.2, 0.25) is 5.02 Å². The molecule has 1 aliphatic heterocycles. The van der Waals surface area contributed by atoms with Crippen molar-refractivity contribution < 1.29 is 33.1 Å². The Kier molecular flexibility index (Phi) is 9.70. The topological polar surface area (TPSA) is 143 Å². The lowest BCUT2D eigenvalue weighted by Gasteiger charge is -2.28. The Balaban J connectivity index is 1.69. The molecule has 1 saturated heterocycles. The molecular formula is C26H34ClFN4O6. The van der Waals surface area contributed by atoms with Crippen LogP contribution in [0.5, 0.6) is 0 Å². The second-order valence-corrected chi connectivity index (χ2v) is 11.4. The maximum atomic E-state index is 14.0. The van der Waals surface area contributed by atoms with E-state index < -0.39 is 59.5 Å². The van der Waals surface area contributed by atoms with Gasteiger partial charge in [0.2, 0.25) is 17.6 Å².